The molecule has 0 aromatic heterocycles. The molecular weight excluding hydrogens is 488 g/mol. The maximum atomic E-state index is 13.0. The van der Waals surface area contributed by atoms with Gasteiger partial charge in [0.05, 0.1) is 24.8 Å². The van der Waals surface area contributed by atoms with E-state index in [1.54, 1.807) is 36.4 Å². The maximum Gasteiger partial charge on any atom is 0.266 e. The largest absolute Gasteiger partial charge is 0.454 e. The zero-order valence-electron chi connectivity index (χ0n) is 18.9. The minimum atomic E-state index is -3.83. The molecule has 0 unspecified atom stereocenters. The second-order valence-corrected chi connectivity index (χ2v) is 10.3. The summed E-state index contributed by atoms with van der Waals surface area (Å²) in [5.41, 5.74) is 2.49. The van der Waals surface area contributed by atoms with Crippen LogP contribution in [-0.4, -0.2) is 45.6 Å². The summed E-state index contributed by atoms with van der Waals surface area (Å²) in [6.07, 6.45) is 0. The lowest BCUT2D eigenvalue weighted by molar-refractivity contribution is 0.0341. The molecule has 1 saturated heterocycles. The molecule has 3 aromatic carbocycles. The van der Waals surface area contributed by atoms with Gasteiger partial charge in [0.2, 0.25) is 5.96 Å². The summed E-state index contributed by atoms with van der Waals surface area (Å²) < 4.78 is 39.9. The summed E-state index contributed by atoms with van der Waals surface area (Å²) in [6.45, 7) is 4.34. The van der Waals surface area contributed by atoms with Crippen molar-refractivity contribution in [2.75, 3.05) is 31.6 Å². The molecule has 0 spiro atoms. The number of hydrogen-bond donors (Lipinski definition) is 2. The zero-order valence-corrected chi connectivity index (χ0v) is 20.5. The first kappa shape index (κ1) is 23.6. The Morgan fingerprint density at radius 1 is 0.943 bits per heavy atom. The molecule has 3 aromatic rings. The Balaban J connectivity index is 1.40. The number of aliphatic imine (C=N–C) groups is 1. The number of hydrogen-bond acceptors (Lipinski definition) is 6. The second kappa shape index (κ2) is 10.2. The number of para-hydroxylation sites is 2. The molecular formula is C25H25ClN4O4S. The average molecular weight is 513 g/mol. The second-order valence-electron chi connectivity index (χ2n) is 8.21. The molecule has 35 heavy (non-hydrogen) atoms. The number of guanidine groups is 1. The van der Waals surface area contributed by atoms with Crippen LogP contribution in [0.1, 0.15) is 11.1 Å². The van der Waals surface area contributed by atoms with E-state index in [2.05, 4.69) is 26.0 Å². The molecule has 10 heteroatoms. The molecule has 182 valence electrons. The van der Waals surface area contributed by atoms with Crippen LogP contribution in [0.3, 0.4) is 0 Å². The summed E-state index contributed by atoms with van der Waals surface area (Å²) in [5.74, 6) is 0.894. The van der Waals surface area contributed by atoms with Crippen LogP contribution in [0, 0.1) is 0 Å². The predicted octanol–water partition coefficient (Wildman–Crippen LogP) is 4.22. The summed E-state index contributed by atoms with van der Waals surface area (Å²) >= 11 is 6.23. The molecule has 1 fully saturated rings. The molecule has 0 amide bonds. The van der Waals surface area contributed by atoms with E-state index in [0.717, 1.165) is 44.0 Å². The lowest BCUT2D eigenvalue weighted by atomic mass is 10.1. The highest BCUT2D eigenvalue weighted by Crippen LogP contribution is 2.38. The summed E-state index contributed by atoms with van der Waals surface area (Å²) in [7, 11) is -3.83. The van der Waals surface area contributed by atoms with Gasteiger partial charge < -0.3 is 14.8 Å². The fourth-order valence-corrected chi connectivity index (χ4v) is 5.35. The number of ether oxygens (including phenoxy) is 2. The number of nitrogens with zero attached hydrogens (tertiary/aromatic N) is 2. The highest BCUT2D eigenvalue weighted by atomic mass is 35.5. The van der Waals surface area contributed by atoms with Gasteiger partial charge in [-0.3, -0.25) is 4.90 Å². The normalized spacial score (nSPS) is 18.4. The van der Waals surface area contributed by atoms with Crippen molar-refractivity contribution in [1.29, 1.82) is 0 Å². The third kappa shape index (κ3) is 5.43. The Kier molecular flexibility index (Phi) is 6.92. The van der Waals surface area contributed by atoms with Crippen LogP contribution in [0.25, 0.3) is 0 Å². The van der Waals surface area contributed by atoms with Gasteiger partial charge >= 0.3 is 0 Å². The van der Waals surface area contributed by atoms with E-state index in [-0.39, 0.29) is 10.9 Å². The van der Waals surface area contributed by atoms with Gasteiger partial charge in [-0.25, -0.2) is 18.1 Å². The minimum absolute atomic E-state index is 0.0775. The van der Waals surface area contributed by atoms with Gasteiger partial charge in [0.1, 0.15) is 16.3 Å². The van der Waals surface area contributed by atoms with Crippen LogP contribution in [0.2, 0.25) is 5.02 Å². The van der Waals surface area contributed by atoms with Crippen molar-refractivity contribution in [3.63, 3.8) is 0 Å². The number of anilines is 1. The molecule has 8 nitrogen and oxygen atoms in total. The predicted molar refractivity (Wildman–Crippen MR) is 136 cm³/mol. The maximum absolute atomic E-state index is 13.0. The Labute approximate surface area is 209 Å². The van der Waals surface area contributed by atoms with E-state index in [0.29, 0.717) is 28.8 Å². The van der Waals surface area contributed by atoms with Gasteiger partial charge in [-0.05, 0) is 35.4 Å². The Morgan fingerprint density at radius 3 is 2.46 bits per heavy atom. The quantitative estimate of drug-likeness (QED) is 0.513. The number of halogens is 1. The minimum Gasteiger partial charge on any atom is -0.454 e. The lowest BCUT2D eigenvalue weighted by Crippen LogP contribution is -2.41. The Bertz CT molecular complexity index is 1360. The van der Waals surface area contributed by atoms with Crippen molar-refractivity contribution in [3.8, 4) is 11.5 Å². The molecule has 0 aliphatic carbocycles. The number of nitrogens with one attached hydrogen (secondary N) is 2. The number of morpholine rings is 1. The van der Waals surface area contributed by atoms with E-state index in [4.69, 9.17) is 21.1 Å². The third-order valence-corrected chi connectivity index (χ3v) is 7.53. The molecule has 0 atom stereocenters. The van der Waals surface area contributed by atoms with Crippen molar-refractivity contribution >= 4 is 33.3 Å². The topological polar surface area (TPSA) is 92.3 Å². The van der Waals surface area contributed by atoms with Crippen molar-refractivity contribution in [2.45, 2.75) is 18.0 Å². The van der Waals surface area contributed by atoms with Crippen LogP contribution in [0.15, 0.2) is 76.6 Å². The Hall–Kier alpha value is -3.11. The first-order valence-corrected chi connectivity index (χ1v) is 13.1. The highest BCUT2D eigenvalue weighted by molar-refractivity contribution is 7.90. The number of fused-ring (bicyclic) bond motifs is 1. The van der Waals surface area contributed by atoms with Gasteiger partial charge in [-0.2, -0.15) is 0 Å². The fraction of sp³-hybridized carbons (Fsp3) is 0.240. The summed E-state index contributed by atoms with van der Waals surface area (Å²) in [4.78, 5) is 6.97. The van der Waals surface area contributed by atoms with Gasteiger partial charge in [0.25, 0.3) is 10.0 Å². The molecule has 2 aliphatic heterocycles. The van der Waals surface area contributed by atoms with Crippen LogP contribution in [0.5, 0.6) is 11.5 Å². The first-order chi connectivity index (χ1) is 17.0. The van der Waals surface area contributed by atoms with Gasteiger partial charge in [-0.15, -0.1) is 0 Å². The highest BCUT2D eigenvalue weighted by Gasteiger charge is 2.29. The first-order valence-electron chi connectivity index (χ1n) is 11.3. The van der Waals surface area contributed by atoms with E-state index >= 15 is 0 Å². The van der Waals surface area contributed by atoms with Crippen LogP contribution in [-0.2, 0) is 27.8 Å². The van der Waals surface area contributed by atoms with Crippen LogP contribution in [0.4, 0.5) is 5.69 Å². The summed E-state index contributed by atoms with van der Waals surface area (Å²) in [5, 5.41) is 3.52. The SMILES string of the molecule is O=S1(=O)NC(=NCc2ccccc2CN2CCOCC2)Nc2c(Oc3ccccc3Cl)cccc21. The molecule has 2 N–H and O–H groups in total. The van der Waals surface area contributed by atoms with Gasteiger partial charge in [-0.1, -0.05) is 54.1 Å². The number of sulfonamides is 1. The van der Waals surface area contributed by atoms with Crippen molar-refractivity contribution < 1.29 is 17.9 Å². The molecule has 0 radical (unpaired) electrons. The molecule has 2 heterocycles. The summed E-state index contributed by atoms with van der Waals surface area (Å²) in [6, 6.07) is 19.9. The molecule has 0 bridgehead atoms. The Morgan fingerprint density at radius 2 is 1.66 bits per heavy atom. The smallest absolute Gasteiger partial charge is 0.266 e. The lowest BCUT2D eigenvalue weighted by Gasteiger charge is -2.27. The van der Waals surface area contributed by atoms with Gasteiger partial charge in [0, 0.05) is 19.6 Å². The van der Waals surface area contributed by atoms with E-state index in [9.17, 15) is 8.42 Å². The number of benzene rings is 3. The standard InChI is InChI=1S/C25H25ClN4O4S/c26-20-8-3-4-9-21(20)34-22-10-5-11-23-24(22)28-25(29-35(23,31)32)27-16-18-6-1-2-7-19(18)17-30-12-14-33-15-13-30/h1-11H,12-17H2,(H2,27,28,29). The van der Waals surface area contributed by atoms with E-state index < -0.39 is 10.0 Å². The monoisotopic (exact) mass is 512 g/mol. The average Bonchev–Trinajstić information content (AvgIpc) is 2.86. The van der Waals surface area contributed by atoms with E-state index in [1.165, 1.54) is 6.07 Å². The van der Waals surface area contributed by atoms with Crippen LogP contribution >= 0.6 is 11.6 Å². The van der Waals surface area contributed by atoms with Crippen LogP contribution < -0.4 is 14.8 Å². The van der Waals surface area contributed by atoms with Crippen molar-refractivity contribution in [3.05, 3.63) is 82.9 Å². The van der Waals surface area contributed by atoms with E-state index in [1.807, 2.05) is 18.2 Å². The van der Waals surface area contributed by atoms with Crippen molar-refractivity contribution in [1.82, 2.24) is 9.62 Å². The van der Waals surface area contributed by atoms with Crippen molar-refractivity contribution in [2.24, 2.45) is 4.99 Å². The molecule has 5 rings (SSSR count). The van der Waals surface area contributed by atoms with Gasteiger partial charge in [0.15, 0.2) is 5.75 Å². The molecule has 0 saturated carbocycles. The molecule has 2 aliphatic rings. The zero-order chi connectivity index (χ0) is 24.3. The fourth-order valence-electron chi connectivity index (χ4n) is 4.02. The third-order valence-electron chi connectivity index (χ3n) is 5.83. The number of rotatable bonds is 6.